The maximum Gasteiger partial charge on any atom is 0.161 e. The van der Waals surface area contributed by atoms with Crippen molar-refractivity contribution in [1.29, 1.82) is 0 Å². The average molecular weight is 432 g/mol. The van der Waals surface area contributed by atoms with Crippen LogP contribution in [-0.2, 0) is 4.79 Å². The van der Waals surface area contributed by atoms with E-state index in [-0.39, 0.29) is 17.8 Å². The minimum absolute atomic E-state index is 0.103. The summed E-state index contributed by atoms with van der Waals surface area (Å²) in [6.07, 6.45) is 3.40. The van der Waals surface area contributed by atoms with E-state index in [4.69, 9.17) is 14.5 Å². The number of hydrogen-bond acceptors (Lipinski definition) is 6. The highest BCUT2D eigenvalue weighted by Gasteiger charge is 2.25. The molecule has 2 heterocycles. The van der Waals surface area contributed by atoms with E-state index in [2.05, 4.69) is 28.9 Å². The van der Waals surface area contributed by atoms with E-state index in [1.54, 1.807) is 20.2 Å². The summed E-state index contributed by atoms with van der Waals surface area (Å²) in [5.41, 5.74) is 2.09. The zero-order valence-electron chi connectivity index (χ0n) is 18.8. The number of methoxy groups -OCH3 is 1. The lowest BCUT2D eigenvalue weighted by Gasteiger charge is -2.19. The lowest BCUT2D eigenvalue weighted by Crippen LogP contribution is -2.25. The SMILES string of the molecule is COc1cccc(-c2nccc(N3CCC(Oc4ccc([C@H](C)CC(C)=O)cc4)C3)n2)c1. The zero-order chi connectivity index (χ0) is 22.5. The summed E-state index contributed by atoms with van der Waals surface area (Å²) in [4.78, 5) is 22.8. The molecule has 1 unspecified atom stereocenters. The molecule has 0 amide bonds. The molecule has 6 heteroatoms. The summed E-state index contributed by atoms with van der Waals surface area (Å²) < 4.78 is 11.5. The largest absolute Gasteiger partial charge is 0.497 e. The second-order valence-corrected chi connectivity index (χ2v) is 8.32. The van der Waals surface area contributed by atoms with Crippen molar-refractivity contribution in [2.24, 2.45) is 0 Å². The van der Waals surface area contributed by atoms with Crippen molar-refractivity contribution < 1.29 is 14.3 Å². The van der Waals surface area contributed by atoms with E-state index in [0.29, 0.717) is 12.2 Å². The van der Waals surface area contributed by atoms with Gasteiger partial charge in [0.1, 0.15) is 29.2 Å². The lowest BCUT2D eigenvalue weighted by molar-refractivity contribution is -0.117. The van der Waals surface area contributed by atoms with Crippen LogP contribution >= 0.6 is 0 Å². The summed E-state index contributed by atoms with van der Waals surface area (Å²) in [5, 5.41) is 0. The molecule has 2 aromatic carbocycles. The number of aromatic nitrogens is 2. The maximum absolute atomic E-state index is 11.4. The number of carbonyl (C=O) groups is 1. The molecule has 6 nitrogen and oxygen atoms in total. The van der Waals surface area contributed by atoms with Gasteiger partial charge in [-0.1, -0.05) is 31.2 Å². The number of Topliss-reactive ketones (excluding diaryl/α,β-unsaturated/α-hetero) is 1. The van der Waals surface area contributed by atoms with Gasteiger partial charge in [0.05, 0.1) is 13.7 Å². The van der Waals surface area contributed by atoms with Crippen LogP contribution in [0.5, 0.6) is 11.5 Å². The number of benzene rings is 2. The normalized spacial score (nSPS) is 16.6. The zero-order valence-corrected chi connectivity index (χ0v) is 18.8. The lowest BCUT2D eigenvalue weighted by atomic mass is 9.96. The molecule has 0 bridgehead atoms. The number of rotatable bonds is 8. The van der Waals surface area contributed by atoms with Gasteiger partial charge in [0.15, 0.2) is 5.82 Å². The van der Waals surface area contributed by atoms with Gasteiger partial charge >= 0.3 is 0 Å². The topological polar surface area (TPSA) is 64.6 Å². The van der Waals surface area contributed by atoms with Crippen molar-refractivity contribution in [3.05, 3.63) is 66.4 Å². The Morgan fingerprint density at radius 2 is 1.97 bits per heavy atom. The monoisotopic (exact) mass is 431 g/mol. The molecule has 0 saturated carbocycles. The van der Waals surface area contributed by atoms with Crippen molar-refractivity contribution >= 4 is 11.6 Å². The number of carbonyl (C=O) groups excluding carboxylic acids is 1. The summed E-state index contributed by atoms with van der Waals surface area (Å²) in [5.74, 6) is 3.66. The Morgan fingerprint density at radius 1 is 1.16 bits per heavy atom. The van der Waals surface area contributed by atoms with Crippen LogP contribution in [0, 0.1) is 0 Å². The van der Waals surface area contributed by atoms with E-state index >= 15 is 0 Å². The van der Waals surface area contributed by atoms with E-state index in [1.807, 2.05) is 42.5 Å². The van der Waals surface area contributed by atoms with Crippen LogP contribution in [0.25, 0.3) is 11.4 Å². The van der Waals surface area contributed by atoms with E-state index in [0.717, 1.165) is 48.0 Å². The first kappa shape index (κ1) is 21.8. The van der Waals surface area contributed by atoms with Crippen LogP contribution in [0.15, 0.2) is 60.8 Å². The highest BCUT2D eigenvalue weighted by molar-refractivity contribution is 5.76. The maximum atomic E-state index is 11.4. The molecule has 4 rings (SSSR count). The van der Waals surface area contributed by atoms with Gasteiger partial charge in [0.2, 0.25) is 0 Å². The predicted molar refractivity (Wildman–Crippen MR) is 125 cm³/mol. The third-order valence-electron chi connectivity index (χ3n) is 5.78. The number of hydrogen-bond donors (Lipinski definition) is 0. The smallest absolute Gasteiger partial charge is 0.161 e. The number of ketones is 1. The average Bonchev–Trinajstić information content (AvgIpc) is 3.28. The number of ether oxygens (including phenoxy) is 2. The molecule has 1 aromatic heterocycles. The van der Waals surface area contributed by atoms with Gasteiger partial charge in [0, 0.05) is 31.1 Å². The van der Waals surface area contributed by atoms with Crippen molar-refractivity contribution in [2.75, 3.05) is 25.1 Å². The molecule has 1 fully saturated rings. The second-order valence-electron chi connectivity index (χ2n) is 8.32. The van der Waals surface area contributed by atoms with Crippen molar-refractivity contribution in [2.45, 2.75) is 38.7 Å². The first-order valence-electron chi connectivity index (χ1n) is 11.0. The first-order valence-corrected chi connectivity index (χ1v) is 11.0. The molecule has 2 atom stereocenters. The Hall–Kier alpha value is -3.41. The van der Waals surface area contributed by atoms with Gasteiger partial charge < -0.3 is 19.2 Å². The molecule has 1 aliphatic rings. The Kier molecular flexibility index (Phi) is 6.69. The molecule has 32 heavy (non-hydrogen) atoms. The minimum atomic E-state index is 0.103. The molecule has 0 aliphatic carbocycles. The second kappa shape index (κ2) is 9.81. The fourth-order valence-corrected chi connectivity index (χ4v) is 4.08. The van der Waals surface area contributed by atoms with Gasteiger partial charge in [-0.2, -0.15) is 0 Å². The Labute approximate surface area is 189 Å². The molecule has 0 spiro atoms. The Bertz CT molecular complexity index is 1070. The fraction of sp³-hybridized carbons (Fsp3) is 0.346. The fourth-order valence-electron chi connectivity index (χ4n) is 4.08. The molecule has 1 aliphatic heterocycles. The van der Waals surface area contributed by atoms with E-state index < -0.39 is 0 Å². The van der Waals surface area contributed by atoms with Gasteiger partial charge in [0.25, 0.3) is 0 Å². The Morgan fingerprint density at radius 3 is 2.72 bits per heavy atom. The first-order chi connectivity index (χ1) is 15.5. The highest BCUT2D eigenvalue weighted by Crippen LogP contribution is 2.27. The summed E-state index contributed by atoms with van der Waals surface area (Å²) in [7, 11) is 1.65. The van der Waals surface area contributed by atoms with Crippen LogP contribution in [0.2, 0.25) is 0 Å². The van der Waals surface area contributed by atoms with E-state index in [9.17, 15) is 4.79 Å². The van der Waals surface area contributed by atoms with Crippen molar-refractivity contribution in [1.82, 2.24) is 9.97 Å². The summed E-state index contributed by atoms with van der Waals surface area (Å²) >= 11 is 0. The molecule has 166 valence electrons. The quantitative estimate of drug-likeness (QED) is 0.506. The van der Waals surface area contributed by atoms with Gasteiger partial charge in [-0.25, -0.2) is 9.97 Å². The predicted octanol–water partition coefficient (Wildman–Crippen LogP) is 4.89. The van der Waals surface area contributed by atoms with Crippen LogP contribution < -0.4 is 14.4 Å². The molecule has 1 saturated heterocycles. The third-order valence-corrected chi connectivity index (χ3v) is 5.78. The summed E-state index contributed by atoms with van der Waals surface area (Å²) in [6.45, 7) is 5.37. The van der Waals surface area contributed by atoms with E-state index in [1.165, 1.54) is 0 Å². The molecule has 3 aromatic rings. The van der Waals surface area contributed by atoms with Crippen LogP contribution in [-0.4, -0.2) is 42.1 Å². The molecular weight excluding hydrogens is 402 g/mol. The number of nitrogens with zero attached hydrogens (tertiary/aromatic N) is 3. The molecular formula is C26H29N3O3. The van der Waals surface area contributed by atoms with Crippen molar-refractivity contribution in [3.63, 3.8) is 0 Å². The van der Waals surface area contributed by atoms with Gasteiger partial charge in [-0.3, -0.25) is 0 Å². The van der Waals surface area contributed by atoms with Crippen LogP contribution in [0.1, 0.15) is 38.2 Å². The van der Waals surface area contributed by atoms with Crippen LogP contribution in [0.4, 0.5) is 5.82 Å². The highest BCUT2D eigenvalue weighted by atomic mass is 16.5. The third kappa shape index (κ3) is 5.25. The minimum Gasteiger partial charge on any atom is -0.497 e. The summed E-state index contributed by atoms with van der Waals surface area (Å²) in [6, 6.07) is 17.8. The van der Waals surface area contributed by atoms with Crippen LogP contribution in [0.3, 0.4) is 0 Å². The molecule has 0 radical (unpaired) electrons. The standard InChI is InChI=1S/C26H29N3O3/c1-18(15-19(2)30)20-7-9-22(10-8-20)32-24-12-14-29(17-24)25-11-13-27-26(28-25)21-5-4-6-23(16-21)31-3/h4-11,13,16,18,24H,12,14-15,17H2,1-3H3/t18-,24?/m1/s1. The van der Waals surface area contributed by atoms with Gasteiger partial charge in [-0.15, -0.1) is 0 Å². The Balaban J connectivity index is 1.39. The number of anilines is 1. The van der Waals surface area contributed by atoms with Gasteiger partial charge in [-0.05, 0) is 48.7 Å². The molecule has 0 N–H and O–H groups in total. The van der Waals surface area contributed by atoms with Crippen molar-refractivity contribution in [3.8, 4) is 22.9 Å².